The molecule has 0 atom stereocenters. The lowest BCUT2D eigenvalue weighted by Crippen LogP contribution is -2.38. The Morgan fingerprint density at radius 1 is 1.25 bits per heavy atom. The third kappa shape index (κ3) is 4.93. The van der Waals surface area contributed by atoms with Gasteiger partial charge in [0.15, 0.2) is 9.96 Å². The Labute approximate surface area is 198 Å². The average Bonchev–Trinajstić information content (AvgIpc) is 3.42. The zero-order valence-electron chi connectivity index (χ0n) is 17.4. The monoisotopic (exact) mass is 490 g/mol. The van der Waals surface area contributed by atoms with Crippen molar-refractivity contribution in [2.45, 2.75) is 30.6 Å². The largest absolute Gasteiger partial charge is 0.378 e. The summed E-state index contributed by atoms with van der Waals surface area (Å²) in [4.78, 5) is 19.9. The van der Waals surface area contributed by atoms with Gasteiger partial charge < -0.3 is 14.2 Å². The molecule has 3 aromatic rings. The van der Waals surface area contributed by atoms with Crippen LogP contribution in [-0.4, -0.2) is 57.3 Å². The highest BCUT2D eigenvalue weighted by Gasteiger charge is 2.32. The molecule has 2 aliphatic rings. The molecule has 168 valence electrons. The molecule has 1 aliphatic heterocycles. The van der Waals surface area contributed by atoms with Crippen molar-refractivity contribution >= 4 is 46.6 Å². The number of benzene rings is 1. The summed E-state index contributed by atoms with van der Waals surface area (Å²) < 4.78 is 9.59. The fourth-order valence-corrected chi connectivity index (χ4v) is 5.31. The molecule has 8 nitrogen and oxygen atoms in total. The van der Waals surface area contributed by atoms with Crippen molar-refractivity contribution in [3.63, 3.8) is 0 Å². The summed E-state index contributed by atoms with van der Waals surface area (Å²) in [7, 11) is 0. The predicted octanol–water partition coefficient (Wildman–Crippen LogP) is 3.23. The van der Waals surface area contributed by atoms with Gasteiger partial charge in [0.1, 0.15) is 0 Å². The Morgan fingerprint density at radius 2 is 2.06 bits per heavy atom. The van der Waals surface area contributed by atoms with E-state index in [0.717, 1.165) is 42.6 Å². The van der Waals surface area contributed by atoms with Crippen LogP contribution in [0.4, 0.5) is 5.95 Å². The molecule has 32 heavy (non-hydrogen) atoms. The van der Waals surface area contributed by atoms with Crippen molar-refractivity contribution in [3.8, 4) is 0 Å². The van der Waals surface area contributed by atoms with Crippen molar-refractivity contribution in [2.24, 2.45) is 4.99 Å². The molecule has 0 N–H and O–H groups in total. The van der Waals surface area contributed by atoms with Gasteiger partial charge in [0.05, 0.1) is 25.5 Å². The van der Waals surface area contributed by atoms with Crippen LogP contribution in [0.5, 0.6) is 0 Å². The highest BCUT2D eigenvalue weighted by molar-refractivity contribution is 7.99. The maximum absolute atomic E-state index is 12.7. The summed E-state index contributed by atoms with van der Waals surface area (Å²) in [6.07, 6.45) is 4.17. The number of halogens is 1. The second-order valence-electron chi connectivity index (χ2n) is 7.68. The number of nitrogens with zero attached hydrogens (tertiary/aromatic N) is 6. The average molecular weight is 491 g/mol. The summed E-state index contributed by atoms with van der Waals surface area (Å²) in [6, 6.07) is 8.12. The highest BCUT2D eigenvalue weighted by atomic mass is 35.5. The van der Waals surface area contributed by atoms with Crippen LogP contribution >= 0.6 is 34.7 Å². The lowest BCUT2D eigenvalue weighted by Gasteiger charge is -2.27. The van der Waals surface area contributed by atoms with Crippen LogP contribution in [0.3, 0.4) is 0 Å². The number of carbonyl (C=O) groups is 1. The number of carbonyl (C=O) groups excluding carboxylic acids is 1. The summed E-state index contributed by atoms with van der Waals surface area (Å²) in [6.45, 7) is 3.60. The van der Waals surface area contributed by atoms with Crippen molar-refractivity contribution in [1.82, 2.24) is 19.3 Å². The third-order valence-corrected chi connectivity index (χ3v) is 7.45. The SMILES string of the molecule is O=C(CSc1nnc(N2CCOCC2)n1C1CC1)N=c1sccn1Cc1ccccc1Cl. The highest BCUT2D eigenvalue weighted by Crippen LogP contribution is 2.41. The van der Waals surface area contributed by atoms with Gasteiger partial charge in [0.2, 0.25) is 5.95 Å². The van der Waals surface area contributed by atoms with Crippen molar-refractivity contribution in [3.05, 3.63) is 51.2 Å². The quantitative estimate of drug-likeness (QED) is 0.473. The summed E-state index contributed by atoms with van der Waals surface area (Å²) >= 11 is 9.13. The minimum absolute atomic E-state index is 0.191. The third-order valence-electron chi connectivity index (χ3n) is 5.36. The Balaban J connectivity index is 1.28. The fraction of sp³-hybridized carbons (Fsp3) is 0.429. The maximum atomic E-state index is 12.7. The molecule has 11 heteroatoms. The molecule has 1 saturated heterocycles. The van der Waals surface area contributed by atoms with E-state index in [-0.39, 0.29) is 11.7 Å². The van der Waals surface area contributed by atoms with Crippen LogP contribution in [-0.2, 0) is 16.1 Å². The molecule has 0 unspecified atom stereocenters. The summed E-state index contributed by atoms with van der Waals surface area (Å²) in [5.74, 6) is 0.917. The number of hydrogen-bond acceptors (Lipinski definition) is 7. The lowest BCUT2D eigenvalue weighted by atomic mass is 10.2. The number of morpholine rings is 1. The molecule has 1 aromatic carbocycles. The first-order chi connectivity index (χ1) is 15.7. The van der Waals surface area contributed by atoms with E-state index in [1.807, 2.05) is 40.4 Å². The second kappa shape index (κ2) is 9.78. The van der Waals surface area contributed by atoms with Crippen LogP contribution in [0, 0.1) is 0 Å². The van der Waals surface area contributed by atoms with E-state index >= 15 is 0 Å². The van der Waals surface area contributed by atoms with Gasteiger partial charge in [-0.3, -0.25) is 9.36 Å². The smallest absolute Gasteiger partial charge is 0.258 e. The maximum Gasteiger partial charge on any atom is 0.258 e. The van der Waals surface area contributed by atoms with Gasteiger partial charge in [-0.2, -0.15) is 4.99 Å². The van der Waals surface area contributed by atoms with Gasteiger partial charge in [-0.1, -0.05) is 41.6 Å². The minimum atomic E-state index is -0.191. The number of ether oxygens (including phenoxy) is 1. The summed E-state index contributed by atoms with van der Waals surface area (Å²) in [5, 5.41) is 12.2. The number of thioether (sulfide) groups is 1. The first-order valence-electron chi connectivity index (χ1n) is 10.5. The van der Waals surface area contributed by atoms with E-state index in [9.17, 15) is 4.79 Å². The zero-order valence-corrected chi connectivity index (χ0v) is 19.8. The Bertz CT molecular complexity index is 1160. The van der Waals surface area contributed by atoms with Gasteiger partial charge in [-0.15, -0.1) is 21.5 Å². The van der Waals surface area contributed by atoms with E-state index in [2.05, 4.69) is 24.7 Å². The van der Waals surface area contributed by atoms with Gasteiger partial charge in [0, 0.05) is 35.7 Å². The molecule has 1 aliphatic carbocycles. The van der Waals surface area contributed by atoms with E-state index in [1.54, 1.807) is 0 Å². The molecule has 2 fully saturated rings. The first-order valence-corrected chi connectivity index (χ1v) is 12.8. The Hall–Kier alpha value is -2.14. The zero-order chi connectivity index (χ0) is 21.9. The fourth-order valence-electron chi connectivity index (χ4n) is 3.58. The number of anilines is 1. The number of hydrogen-bond donors (Lipinski definition) is 0. The number of amides is 1. The van der Waals surface area contributed by atoms with E-state index in [4.69, 9.17) is 16.3 Å². The van der Waals surface area contributed by atoms with E-state index < -0.39 is 0 Å². The number of aromatic nitrogens is 4. The Kier molecular flexibility index (Phi) is 6.63. The van der Waals surface area contributed by atoms with Crippen molar-refractivity contribution in [2.75, 3.05) is 37.0 Å². The van der Waals surface area contributed by atoms with Crippen LogP contribution in [0.25, 0.3) is 0 Å². The van der Waals surface area contributed by atoms with Crippen LogP contribution in [0.2, 0.25) is 5.02 Å². The van der Waals surface area contributed by atoms with Gasteiger partial charge in [0.25, 0.3) is 5.91 Å². The molecular formula is C21H23ClN6O2S2. The van der Waals surface area contributed by atoms with E-state index in [1.165, 1.54) is 23.1 Å². The van der Waals surface area contributed by atoms with Gasteiger partial charge >= 0.3 is 0 Å². The van der Waals surface area contributed by atoms with Crippen molar-refractivity contribution in [1.29, 1.82) is 0 Å². The molecule has 1 saturated carbocycles. The minimum Gasteiger partial charge on any atom is -0.378 e. The second-order valence-corrected chi connectivity index (χ2v) is 9.90. The van der Waals surface area contributed by atoms with Crippen LogP contribution in [0.1, 0.15) is 24.4 Å². The molecule has 5 rings (SSSR count). The molecular weight excluding hydrogens is 468 g/mol. The molecule has 0 spiro atoms. The number of rotatable bonds is 7. The normalized spacial score (nSPS) is 17.2. The Morgan fingerprint density at radius 3 is 2.84 bits per heavy atom. The standard InChI is InChI=1S/C21H23ClN6O2S2/c22-17-4-2-1-3-15(17)13-27-9-12-31-20(27)23-18(29)14-32-21-25-24-19(28(21)16-5-6-16)26-7-10-30-11-8-26/h1-4,9,12,16H,5-8,10-11,13-14H2. The molecule has 0 radical (unpaired) electrons. The van der Waals surface area contributed by atoms with Crippen molar-refractivity contribution < 1.29 is 9.53 Å². The topological polar surface area (TPSA) is 77.5 Å². The van der Waals surface area contributed by atoms with Gasteiger partial charge in [-0.25, -0.2) is 0 Å². The van der Waals surface area contributed by atoms with Gasteiger partial charge in [-0.05, 0) is 24.5 Å². The molecule has 2 aromatic heterocycles. The molecule has 1 amide bonds. The number of thiazole rings is 1. The van der Waals surface area contributed by atoms with Crippen LogP contribution in [0.15, 0.2) is 46.0 Å². The lowest BCUT2D eigenvalue weighted by molar-refractivity contribution is -0.115. The summed E-state index contributed by atoms with van der Waals surface area (Å²) in [5.41, 5.74) is 0.990. The predicted molar refractivity (Wildman–Crippen MR) is 125 cm³/mol. The first kappa shape index (κ1) is 21.7. The van der Waals surface area contributed by atoms with Crippen LogP contribution < -0.4 is 9.70 Å². The molecule has 0 bridgehead atoms. The molecule has 3 heterocycles. The van der Waals surface area contributed by atoms with E-state index in [0.29, 0.717) is 35.6 Å².